The summed E-state index contributed by atoms with van der Waals surface area (Å²) in [5.41, 5.74) is 2.41. The van der Waals surface area contributed by atoms with Gasteiger partial charge < -0.3 is 15.3 Å². The van der Waals surface area contributed by atoms with E-state index in [0.717, 1.165) is 31.5 Å². The van der Waals surface area contributed by atoms with Crippen molar-refractivity contribution in [3.8, 4) is 0 Å². The molecule has 0 aliphatic carbocycles. The molecule has 1 aromatic carbocycles. The first-order chi connectivity index (χ1) is 11.5. The molecule has 5 nitrogen and oxygen atoms in total. The van der Waals surface area contributed by atoms with Gasteiger partial charge in [0.1, 0.15) is 0 Å². The van der Waals surface area contributed by atoms with Gasteiger partial charge in [-0.05, 0) is 50.8 Å². The van der Waals surface area contributed by atoms with E-state index in [-0.39, 0.29) is 18.6 Å². The van der Waals surface area contributed by atoms with Crippen LogP contribution in [0.5, 0.6) is 0 Å². The molecule has 0 spiro atoms. The summed E-state index contributed by atoms with van der Waals surface area (Å²) in [6.07, 6.45) is 1.97. The van der Waals surface area contributed by atoms with Crippen LogP contribution >= 0.6 is 0 Å². The third kappa shape index (κ3) is 5.21. The minimum absolute atomic E-state index is 0.0276. The van der Waals surface area contributed by atoms with Crippen LogP contribution in [0.2, 0.25) is 0 Å². The Morgan fingerprint density at radius 3 is 2.75 bits per heavy atom. The molecule has 134 valence electrons. The summed E-state index contributed by atoms with van der Waals surface area (Å²) in [6.45, 7) is 7.37. The minimum atomic E-state index is -0.0276. The van der Waals surface area contributed by atoms with E-state index in [1.54, 1.807) is 0 Å². The zero-order chi connectivity index (χ0) is 17.5. The van der Waals surface area contributed by atoms with Crippen molar-refractivity contribution in [3.63, 3.8) is 0 Å². The number of carbonyl (C=O) groups is 1. The first-order valence-electron chi connectivity index (χ1n) is 8.92. The Hall–Kier alpha value is -1.59. The van der Waals surface area contributed by atoms with Gasteiger partial charge in [0, 0.05) is 38.8 Å². The Kier molecular flexibility index (Phi) is 7.06. The highest BCUT2D eigenvalue weighted by atomic mass is 16.3. The lowest BCUT2D eigenvalue weighted by atomic mass is 9.99. The van der Waals surface area contributed by atoms with Crippen molar-refractivity contribution in [1.29, 1.82) is 0 Å². The molecule has 1 heterocycles. The van der Waals surface area contributed by atoms with Crippen LogP contribution in [0.25, 0.3) is 0 Å². The monoisotopic (exact) mass is 333 g/mol. The maximum atomic E-state index is 12.4. The number of piperidine rings is 1. The highest BCUT2D eigenvalue weighted by Gasteiger charge is 2.23. The van der Waals surface area contributed by atoms with Crippen molar-refractivity contribution in [2.24, 2.45) is 5.92 Å². The van der Waals surface area contributed by atoms with Crippen molar-refractivity contribution in [2.75, 3.05) is 26.7 Å². The lowest BCUT2D eigenvalue weighted by molar-refractivity contribution is 0.129. The number of hydrogen-bond donors (Lipinski definition) is 2. The number of aliphatic hydroxyl groups is 1. The van der Waals surface area contributed by atoms with Crippen LogP contribution in [0, 0.1) is 5.92 Å². The largest absolute Gasteiger partial charge is 0.396 e. The van der Waals surface area contributed by atoms with Gasteiger partial charge >= 0.3 is 6.03 Å². The molecule has 1 aromatic rings. The van der Waals surface area contributed by atoms with Crippen LogP contribution in [0.3, 0.4) is 0 Å². The van der Waals surface area contributed by atoms with Gasteiger partial charge in [-0.2, -0.15) is 0 Å². The summed E-state index contributed by atoms with van der Waals surface area (Å²) >= 11 is 0. The summed E-state index contributed by atoms with van der Waals surface area (Å²) in [4.78, 5) is 16.5. The van der Waals surface area contributed by atoms with Crippen molar-refractivity contribution in [1.82, 2.24) is 15.1 Å². The van der Waals surface area contributed by atoms with E-state index in [0.29, 0.717) is 19.1 Å². The summed E-state index contributed by atoms with van der Waals surface area (Å²) in [5.74, 6) is 0.219. The molecule has 2 amide bonds. The van der Waals surface area contributed by atoms with Gasteiger partial charge in [0.2, 0.25) is 0 Å². The summed E-state index contributed by atoms with van der Waals surface area (Å²) in [5, 5.41) is 12.3. The molecule has 1 aliphatic rings. The number of nitrogens with one attached hydrogen (secondary N) is 1. The van der Waals surface area contributed by atoms with Gasteiger partial charge in [-0.1, -0.05) is 24.3 Å². The predicted molar refractivity (Wildman–Crippen MR) is 96.7 cm³/mol. The van der Waals surface area contributed by atoms with E-state index in [9.17, 15) is 9.90 Å². The third-order valence-electron chi connectivity index (χ3n) is 4.91. The molecule has 0 radical (unpaired) electrons. The molecule has 5 heteroatoms. The zero-order valence-electron chi connectivity index (χ0n) is 15.2. The molecule has 1 atom stereocenters. The van der Waals surface area contributed by atoms with E-state index < -0.39 is 0 Å². The number of urea groups is 1. The standard InChI is InChI=1S/C19H31N3O2/c1-15(2)21(3)13-18-9-5-4-8-17(18)11-20-19(24)22-10-6-7-16(12-22)14-23/h4-5,8-9,15-16,23H,6-7,10-14H2,1-3H3,(H,20,24). The number of aliphatic hydroxyl groups excluding tert-OH is 1. The molecule has 1 fully saturated rings. The number of carbonyl (C=O) groups excluding carboxylic acids is 1. The van der Waals surface area contributed by atoms with Crippen LogP contribution in [-0.2, 0) is 13.1 Å². The Labute approximate surface area is 145 Å². The smallest absolute Gasteiger partial charge is 0.317 e. The van der Waals surface area contributed by atoms with E-state index in [4.69, 9.17) is 0 Å². The number of benzene rings is 1. The molecule has 1 unspecified atom stereocenters. The minimum Gasteiger partial charge on any atom is -0.396 e. The number of amides is 2. The topological polar surface area (TPSA) is 55.8 Å². The normalized spacial score (nSPS) is 18.2. The van der Waals surface area contributed by atoms with E-state index in [1.807, 2.05) is 17.0 Å². The number of nitrogens with zero attached hydrogens (tertiary/aromatic N) is 2. The SMILES string of the molecule is CC(C)N(C)Cc1ccccc1CNC(=O)N1CCCC(CO)C1. The fourth-order valence-electron chi connectivity index (χ4n) is 3.02. The van der Waals surface area contributed by atoms with Crippen LogP contribution in [-0.4, -0.2) is 53.7 Å². The predicted octanol–water partition coefficient (Wildman–Crippen LogP) is 2.44. The quantitative estimate of drug-likeness (QED) is 0.841. The first kappa shape index (κ1) is 18.7. The van der Waals surface area contributed by atoms with Crippen LogP contribution in [0.1, 0.15) is 37.8 Å². The first-order valence-corrected chi connectivity index (χ1v) is 8.92. The molecule has 2 rings (SSSR count). The zero-order valence-corrected chi connectivity index (χ0v) is 15.2. The molecular weight excluding hydrogens is 302 g/mol. The fraction of sp³-hybridized carbons (Fsp3) is 0.632. The van der Waals surface area contributed by atoms with Gasteiger partial charge in [0.15, 0.2) is 0 Å². The second-order valence-corrected chi connectivity index (χ2v) is 7.07. The van der Waals surface area contributed by atoms with E-state index in [2.05, 4.69) is 43.2 Å². The Morgan fingerprint density at radius 2 is 2.08 bits per heavy atom. The van der Waals surface area contributed by atoms with Crippen molar-refractivity contribution in [2.45, 2.75) is 45.8 Å². The average molecular weight is 333 g/mol. The van der Waals surface area contributed by atoms with Crippen molar-refractivity contribution < 1.29 is 9.90 Å². The van der Waals surface area contributed by atoms with Crippen molar-refractivity contribution >= 4 is 6.03 Å². The third-order valence-corrected chi connectivity index (χ3v) is 4.91. The second-order valence-electron chi connectivity index (χ2n) is 7.07. The molecular formula is C19H31N3O2. The van der Waals surface area contributed by atoms with Crippen LogP contribution in [0.4, 0.5) is 4.79 Å². The average Bonchev–Trinajstić information content (AvgIpc) is 2.60. The summed E-state index contributed by atoms with van der Waals surface area (Å²) < 4.78 is 0. The van der Waals surface area contributed by atoms with E-state index in [1.165, 1.54) is 5.56 Å². The molecule has 2 N–H and O–H groups in total. The highest BCUT2D eigenvalue weighted by Crippen LogP contribution is 2.16. The van der Waals surface area contributed by atoms with Gasteiger partial charge in [-0.15, -0.1) is 0 Å². The number of rotatable bonds is 6. The van der Waals surface area contributed by atoms with Gasteiger partial charge in [-0.25, -0.2) is 4.79 Å². The lowest BCUT2D eigenvalue weighted by Crippen LogP contribution is -2.46. The second kappa shape index (κ2) is 9.04. The summed E-state index contributed by atoms with van der Waals surface area (Å²) in [6, 6.07) is 8.73. The van der Waals surface area contributed by atoms with Gasteiger partial charge in [0.25, 0.3) is 0 Å². The number of hydrogen-bond acceptors (Lipinski definition) is 3. The van der Waals surface area contributed by atoms with Gasteiger partial charge in [-0.3, -0.25) is 4.90 Å². The fourth-order valence-corrected chi connectivity index (χ4v) is 3.02. The maximum absolute atomic E-state index is 12.4. The number of likely N-dealkylation sites (tertiary alicyclic amines) is 1. The molecule has 1 aliphatic heterocycles. The molecule has 0 bridgehead atoms. The summed E-state index contributed by atoms with van der Waals surface area (Å²) in [7, 11) is 2.11. The Morgan fingerprint density at radius 1 is 1.38 bits per heavy atom. The van der Waals surface area contributed by atoms with Crippen LogP contribution < -0.4 is 5.32 Å². The molecule has 1 saturated heterocycles. The maximum Gasteiger partial charge on any atom is 0.317 e. The Balaban J connectivity index is 1.93. The van der Waals surface area contributed by atoms with E-state index >= 15 is 0 Å². The lowest BCUT2D eigenvalue weighted by Gasteiger charge is -2.32. The molecule has 24 heavy (non-hydrogen) atoms. The Bertz CT molecular complexity index is 533. The van der Waals surface area contributed by atoms with Crippen molar-refractivity contribution in [3.05, 3.63) is 35.4 Å². The highest BCUT2D eigenvalue weighted by molar-refractivity contribution is 5.74. The molecule has 0 saturated carbocycles. The molecule has 0 aromatic heterocycles. The van der Waals surface area contributed by atoms with Gasteiger partial charge in [0.05, 0.1) is 0 Å². The van der Waals surface area contributed by atoms with Crippen LogP contribution in [0.15, 0.2) is 24.3 Å².